The highest BCUT2D eigenvalue weighted by Gasteiger charge is 2.36. The lowest BCUT2D eigenvalue weighted by Gasteiger charge is -2.22. The van der Waals surface area contributed by atoms with Crippen LogP contribution in [-0.2, 0) is 20.7 Å². The van der Waals surface area contributed by atoms with E-state index in [0.29, 0.717) is 24.5 Å². The molecule has 1 aliphatic rings. The van der Waals surface area contributed by atoms with E-state index in [1.807, 2.05) is 48.5 Å². The number of esters is 1. The standard InChI is InChI=1S/C23H27N3O5/c1-4-31-23(28)18-15-19(26(25-18)17-8-6-5-7-9-17)22(27)24-13-12-16-10-11-20(29-2)21(14-16)30-3/h5-11,14,19H,4,12-13,15H2,1-3H3,(H,24,27). The van der Waals surface area contributed by atoms with Crippen LogP contribution in [0.15, 0.2) is 53.6 Å². The Hall–Kier alpha value is -3.55. The van der Waals surface area contributed by atoms with Crippen LogP contribution in [-0.4, -0.2) is 51.0 Å². The number of amides is 1. The van der Waals surface area contributed by atoms with Crippen LogP contribution < -0.4 is 19.8 Å². The molecule has 1 N–H and O–H groups in total. The van der Waals surface area contributed by atoms with Crippen molar-refractivity contribution in [2.75, 3.05) is 32.4 Å². The van der Waals surface area contributed by atoms with Gasteiger partial charge in [0.15, 0.2) is 11.5 Å². The van der Waals surface area contributed by atoms with Crippen LogP contribution >= 0.6 is 0 Å². The summed E-state index contributed by atoms with van der Waals surface area (Å²) in [6.07, 6.45) is 0.811. The van der Waals surface area contributed by atoms with E-state index in [1.165, 1.54) is 0 Å². The van der Waals surface area contributed by atoms with Crippen molar-refractivity contribution in [3.63, 3.8) is 0 Å². The first-order chi connectivity index (χ1) is 15.1. The molecule has 0 fully saturated rings. The number of hydrazone groups is 1. The molecule has 1 unspecified atom stereocenters. The number of benzene rings is 2. The lowest BCUT2D eigenvalue weighted by molar-refractivity contribution is -0.135. The number of anilines is 1. The van der Waals surface area contributed by atoms with Crippen molar-refractivity contribution in [1.29, 1.82) is 0 Å². The van der Waals surface area contributed by atoms with Gasteiger partial charge in [-0.2, -0.15) is 5.10 Å². The summed E-state index contributed by atoms with van der Waals surface area (Å²) in [5, 5.41) is 8.91. The maximum Gasteiger partial charge on any atom is 0.354 e. The topological polar surface area (TPSA) is 89.5 Å². The van der Waals surface area contributed by atoms with Gasteiger partial charge in [0.05, 0.1) is 26.5 Å². The van der Waals surface area contributed by atoms with Crippen LogP contribution in [0.25, 0.3) is 0 Å². The zero-order valence-electron chi connectivity index (χ0n) is 18.0. The minimum atomic E-state index is -0.618. The van der Waals surface area contributed by atoms with Crippen molar-refractivity contribution >= 4 is 23.3 Å². The molecule has 1 aliphatic heterocycles. The summed E-state index contributed by atoms with van der Waals surface area (Å²) in [5.74, 6) is 0.602. The van der Waals surface area contributed by atoms with Crippen LogP contribution in [0.3, 0.4) is 0 Å². The zero-order valence-corrected chi connectivity index (χ0v) is 18.0. The van der Waals surface area contributed by atoms with Crippen molar-refractivity contribution in [2.45, 2.75) is 25.8 Å². The van der Waals surface area contributed by atoms with E-state index in [-0.39, 0.29) is 24.6 Å². The summed E-state index contributed by atoms with van der Waals surface area (Å²) in [7, 11) is 3.17. The van der Waals surface area contributed by atoms with E-state index in [0.717, 1.165) is 11.3 Å². The first-order valence-electron chi connectivity index (χ1n) is 10.1. The monoisotopic (exact) mass is 425 g/mol. The van der Waals surface area contributed by atoms with E-state index in [1.54, 1.807) is 26.2 Å². The molecule has 0 saturated carbocycles. The van der Waals surface area contributed by atoms with Gasteiger partial charge in [-0.3, -0.25) is 9.80 Å². The first-order valence-corrected chi connectivity index (χ1v) is 10.1. The number of methoxy groups -OCH3 is 2. The third-order valence-electron chi connectivity index (χ3n) is 4.91. The summed E-state index contributed by atoms with van der Waals surface area (Å²) in [5.41, 5.74) is 1.99. The van der Waals surface area contributed by atoms with Crippen molar-refractivity contribution in [3.05, 3.63) is 54.1 Å². The van der Waals surface area contributed by atoms with Crippen LogP contribution in [0.4, 0.5) is 5.69 Å². The molecule has 0 radical (unpaired) electrons. The molecule has 0 aromatic heterocycles. The highest BCUT2D eigenvalue weighted by Crippen LogP contribution is 2.28. The first kappa shape index (κ1) is 22.1. The number of ether oxygens (including phenoxy) is 3. The lowest BCUT2D eigenvalue weighted by Crippen LogP contribution is -2.43. The van der Waals surface area contributed by atoms with Gasteiger partial charge in [0, 0.05) is 13.0 Å². The molecule has 0 spiro atoms. The molecule has 1 heterocycles. The molecule has 31 heavy (non-hydrogen) atoms. The molecule has 0 bridgehead atoms. The second-order valence-corrected chi connectivity index (χ2v) is 6.90. The summed E-state index contributed by atoms with van der Waals surface area (Å²) in [4.78, 5) is 25.1. The molecule has 2 aromatic carbocycles. The molecule has 0 saturated heterocycles. The Kier molecular flexibility index (Phi) is 7.48. The Morgan fingerprint density at radius 1 is 1.10 bits per heavy atom. The minimum Gasteiger partial charge on any atom is -0.493 e. The van der Waals surface area contributed by atoms with Gasteiger partial charge in [-0.15, -0.1) is 0 Å². The molecule has 1 amide bonds. The van der Waals surface area contributed by atoms with Crippen LogP contribution in [0.1, 0.15) is 18.9 Å². The van der Waals surface area contributed by atoms with Crippen LogP contribution in [0.2, 0.25) is 0 Å². The van der Waals surface area contributed by atoms with Gasteiger partial charge in [0.25, 0.3) is 0 Å². The van der Waals surface area contributed by atoms with E-state index in [9.17, 15) is 9.59 Å². The number of hydrogen-bond acceptors (Lipinski definition) is 7. The molecule has 164 valence electrons. The van der Waals surface area contributed by atoms with Crippen molar-refractivity contribution in [2.24, 2.45) is 5.10 Å². The second-order valence-electron chi connectivity index (χ2n) is 6.90. The summed E-state index contributed by atoms with van der Waals surface area (Å²) in [6.45, 7) is 2.42. The Bertz CT molecular complexity index is 945. The fourth-order valence-corrected chi connectivity index (χ4v) is 3.35. The number of nitrogens with one attached hydrogen (secondary N) is 1. The SMILES string of the molecule is CCOC(=O)C1=NN(c2ccccc2)C(C(=O)NCCc2ccc(OC)c(OC)c2)C1. The van der Waals surface area contributed by atoms with E-state index >= 15 is 0 Å². The fraction of sp³-hybridized carbons (Fsp3) is 0.348. The number of rotatable bonds is 9. The molecule has 0 aliphatic carbocycles. The smallest absolute Gasteiger partial charge is 0.354 e. The molecular weight excluding hydrogens is 398 g/mol. The Balaban J connectivity index is 1.66. The minimum absolute atomic E-state index is 0.190. The third kappa shape index (κ3) is 5.33. The molecule has 2 aromatic rings. The van der Waals surface area contributed by atoms with Crippen molar-refractivity contribution < 1.29 is 23.8 Å². The van der Waals surface area contributed by atoms with Gasteiger partial charge in [-0.25, -0.2) is 4.79 Å². The van der Waals surface area contributed by atoms with Crippen molar-refractivity contribution in [3.8, 4) is 11.5 Å². The highest BCUT2D eigenvalue weighted by atomic mass is 16.5. The molecule has 1 atom stereocenters. The summed E-state index contributed by atoms with van der Waals surface area (Å²) in [6, 6.07) is 14.3. The maximum atomic E-state index is 12.9. The molecular formula is C23H27N3O5. The Morgan fingerprint density at radius 2 is 1.84 bits per heavy atom. The lowest BCUT2D eigenvalue weighted by atomic mass is 10.1. The molecule has 3 rings (SSSR count). The largest absolute Gasteiger partial charge is 0.493 e. The third-order valence-corrected chi connectivity index (χ3v) is 4.91. The van der Waals surface area contributed by atoms with E-state index < -0.39 is 12.0 Å². The summed E-state index contributed by atoms with van der Waals surface area (Å²) < 4.78 is 15.6. The number of hydrogen-bond donors (Lipinski definition) is 1. The fourth-order valence-electron chi connectivity index (χ4n) is 3.35. The van der Waals surface area contributed by atoms with Gasteiger partial charge >= 0.3 is 5.97 Å². The van der Waals surface area contributed by atoms with Gasteiger partial charge in [-0.1, -0.05) is 24.3 Å². The normalized spacial score (nSPS) is 15.3. The number of para-hydroxylation sites is 1. The average molecular weight is 425 g/mol. The average Bonchev–Trinajstić information content (AvgIpc) is 3.25. The summed E-state index contributed by atoms with van der Waals surface area (Å²) >= 11 is 0. The second kappa shape index (κ2) is 10.5. The maximum absolute atomic E-state index is 12.9. The Morgan fingerprint density at radius 3 is 2.52 bits per heavy atom. The number of carbonyl (C=O) groups excluding carboxylic acids is 2. The van der Waals surface area contributed by atoms with Gasteiger partial charge in [0.1, 0.15) is 11.8 Å². The quantitative estimate of drug-likeness (QED) is 0.621. The van der Waals surface area contributed by atoms with E-state index in [4.69, 9.17) is 14.2 Å². The van der Waals surface area contributed by atoms with Gasteiger partial charge < -0.3 is 19.5 Å². The zero-order chi connectivity index (χ0) is 22.2. The highest BCUT2D eigenvalue weighted by molar-refractivity contribution is 6.38. The van der Waals surface area contributed by atoms with Gasteiger partial charge in [0.2, 0.25) is 5.91 Å². The number of nitrogens with zero attached hydrogens (tertiary/aromatic N) is 2. The predicted octanol–water partition coefficient (Wildman–Crippen LogP) is 2.56. The number of carbonyl (C=O) groups is 2. The van der Waals surface area contributed by atoms with E-state index in [2.05, 4.69) is 10.4 Å². The Labute approximate surface area is 181 Å². The van der Waals surface area contributed by atoms with Gasteiger partial charge in [-0.05, 0) is 43.2 Å². The molecule has 8 heteroatoms. The predicted molar refractivity (Wildman–Crippen MR) is 118 cm³/mol. The molecule has 8 nitrogen and oxygen atoms in total. The van der Waals surface area contributed by atoms with Crippen LogP contribution in [0.5, 0.6) is 11.5 Å². The van der Waals surface area contributed by atoms with Crippen molar-refractivity contribution in [1.82, 2.24) is 5.32 Å². The van der Waals surface area contributed by atoms with Crippen LogP contribution in [0, 0.1) is 0 Å².